The molecular formula is C11H22N4O2. The number of hydrogen-bond donors (Lipinski definition) is 3. The molecule has 0 bridgehead atoms. The molecule has 0 atom stereocenters. The van der Waals surface area contributed by atoms with E-state index in [2.05, 4.69) is 17.3 Å². The number of aryl methyl sites for hydroxylation is 2. The first-order valence-electron chi connectivity index (χ1n) is 5.96. The predicted octanol–water partition coefficient (Wildman–Crippen LogP) is 0.605. The smallest absolute Gasteiger partial charge is 0.148 e. The molecule has 0 unspecified atom stereocenters. The fourth-order valence-electron chi connectivity index (χ4n) is 1.56. The van der Waals surface area contributed by atoms with Crippen LogP contribution in [0.25, 0.3) is 0 Å². The zero-order valence-corrected chi connectivity index (χ0v) is 10.6. The van der Waals surface area contributed by atoms with Crippen LogP contribution in [0.15, 0.2) is 0 Å². The van der Waals surface area contributed by atoms with E-state index in [4.69, 9.17) is 15.6 Å². The van der Waals surface area contributed by atoms with E-state index in [0.29, 0.717) is 25.4 Å². The quantitative estimate of drug-likeness (QED) is 0.581. The van der Waals surface area contributed by atoms with Gasteiger partial charge in [-0.1, -0.05) is 6.92 Å². The van der Waals surface area contributed by atoms with Gasteiger partial charge in [0.15, 0.2) is 0 Å². The molecule has 0 radical (unpaired) electrons. The number of aliphatic hydroxyl groups is 1. The van der Waals surface area contributed by atoms with Gasteiger partial charge in [-0.15, -0.1) is 0 Å². The van der Waals surface area contributed by atoms with Crippen LogP contribution in [0, 0.1) is 6.92 Å². The second kappa shape index (κ2) is 7.13. The first kappa shape index (κ1) is 13.8. The fraction of sp³-hybridized carbons (Fsp3) is 0.727. The van der Waals surface area contributed by atoms with Gasteiger partial charge >= 0.3 is 0 Å². The molecule has 0 aliphatic rings. The molecule has 0 aliphatic carbocycles. The first-order valence-corrected chi connectivity index (χ1v) is 5.96. The van der Waals surface area contributed by atoms with Gasteiger partial charge in [0.25, 0.3) is 0 Å². The lowest BCUT2D eigenvalue weighted by atomic mass is 10.4. The molecule has 1 heterocycles. The third-order valence-electron chi connectivity index (χ3n) is 2.38. The van der Waals surface area contributed by atoms with Crippen molar-refractivity contribution < 1.29 is 9.84 Å². The van der Waals surface area contributed by atoms with Crippen molar-refractivity contribution >= 4 is 11.5 Å². The number of aromatic nitrogens is 2. The lowest BCUT2D eigenvalue weighted by molar-refractivity contribution is 0.0991. The van der Waals surface area contributed by atoms with Crippen molar-refractivity contribution in [1.82, 2.24) is 9.78 Å². The summed E-state index contributed by atoms with van der Waals surface area (Å²) in [5.41, 5.74) is 7.49. The predicted molar refractivity (Wildman–Crippen MR) is 68.1 cm³/mol. The molecule has 0 aliphatic heterocycles. The highest BCUT2D eigenvalue weighted by Gasteiger charge is 2.10. The van der Waals surface area contributed by atoms with E-state index >= 15 is 0 Å². The molecule has 0 aromatic carbocycles. The van der Waals surface area contributed by atoms with E-state index < -0.39 is 0 Å². The summed E-state index contributed by atoms with van der Waals surface area (Å²) in [6.07, 6.45) is 1.01. The van der Waals surface area contributed by atoms with Crippen LogP contribution in [0.5, 0.6) is 0 Å². The maximum Gasteiger partial charge on any atom is 0.148 e. The van der Waals surface area contributed by atoms with Gasteiger partial charge < -0.3 is 20.9 Å². The van der Waals surface area contributed by atoms with E-state index in [-0.39, 0.29) is 6.61 Å². The number of nitrogens with two attached hydrogens (primary N) is 1. The Morgan fingerprint density at radius 1 is 1.47 bits per heavy atom. The average Bonchev–Trinajstić information content (AvgIpc) is 2.57. The van der Waals surface area contributed by atoms with E-state index in [9.17, 15) is 0 Å². The SMILES string of the molecule is CCCn1nc(C)c(N)c1NCCOCCO. The highest BCUT2D eigenvalue weighted by atomic mass is 16.5. The summed E-state index contributed by atoms with van der Waals surface area (Å²) in [6, 6.07) is 0. The number of hydrogen-bond acceptors (Lipinski definition) is 5. The van der Waals surface area contributed by atoms with Gasteiger partial charge in [-0.25, -0.2) is 4.68 Å². The minimum atomic E-state index is 0.0506. The van der Waals surface area contributed by atoms with Gasteiger partial charge in [-0.2, -0.15) is 5.10 Å². The first-order chi connectivity index (χ1) is 8.20. The Kier molecular flexibility index (Phi) is 5.79. The highest BCUT2D eigenvalue weighted by Crippen LogP contribution is 2.21. The van der Waals surface area contributed by atoms with Crippen LogP contribution in [-0.2, 0) is 11.3 Å². The Labute approximate surface area is 102 Å². The molecule has 1 rings (SSSR count). The van der Waals surface area contributed by atoms with Crippen LogP contribution in [0.1, 0.15) is 19.0 Å². The number of ether oxygens (including phenoxy) is 1. The molecule has 1 aromatic heterocycles. The molecule has 4 N–H and O–H groups in total. The molecule has 0 saturated heterocycles. The van der Waals surface area contributed by atoms with Gasteiger partial charge in [0.1, 0.15) is 5.82 Å². The topological polar surface area (TPSA) is 85.3 Å². The van der Waals surface area contributed by atoms with E-state index in [0.717, 1.165) is 24.5 Å². The summed E-state index contributed by atoms with van der Waals surface area (Å²) in [7, 11) is 0. The average molecular weight is 242 g/mol. The fourth-order valence-corrected chi connectivity index (χ4v) is 1.56. The summed E-state index contributed by atoms with van der Waals surface area (Å²) in [4.78, 5) is 0. The van der Waals surface area contributed by atoms with Crippen molar-refractivity contribution in [2.75, 3.05) is 37.4 Å². The third-order valence-corrected chi connectivity index (χ3v) is 2.38. The lowest BCUT2D eigenvalue weighted by Crippen LogP contribution is -2.15. The van der Waals surface area contributed by atoms with Crippen LogP contribution in [0.3, 0.4) is 0 Å². The Bertz CT molecular complexity index is 338. The maximum atomic E-state index is 8.56. The van der Waals surface area contributed by atoms with Crippen LogP contribution < -0.4 is 11.1 Å². The molecule has 0 saturated carbocycles. The molecular weight excluding hydrogens is 220 g/mol. The molecule has 6 heteroatoms. The van der Waals surface area contributed by atoms with Crippen molar-refractivity contribution in [2.45, 2.75) is 26.8 Å². The highest BCUT2D eigenvalue weighted by molar-refractivity contribution is 5.64. The zero-order valence-electron chi connectivity index (χ0n) is 10.6. The Hall–Kier alpha value is -1.27. The summed E-state index contributed by atoms with van der Waals surface area (Å²) in [5, 5.41) is 16.1. The van der Waals surface area contributed by atoms with Crippen LogP contribution >= 0.6 is 0 Å². The minimum Gasteiger partial charge on any atom is -0.394 e. The maximum absolute atomic E-state index is 8.56. The van der Waals surface area contributed by atoms with Gasteiger partial charge in [-0.3, -0.25) is 0 Å². The Morgan fingerprint density at radius 3 is 2.88 bits per heavy atom. The number of nitrogen functional groups attached to an aromatic ring is 1. The van der Waals surface area contributed by atoms with Crippen molar-refractivity contribution in [3.8, 4) is 0 Å². The minimum absolute atomic E-state index is 0.0506. The van der Waals surface area contributed by atoms with Crippen LogP contribution in [0.4, 0.5) is 11.5 Å². The van der Waals surface area contributed by atoms with Crippen molar-refractivity contribution in [2.24, 2.45) is 0 Å². The molecule has 17 heavy (non-hydrogen) atoms. The van der Waals surface area contributed by atoms with Gasteiger partial charge in [-0.05, 0) is 13.3 Å². The molecule has 0 amide bonds. The van der Waals surface area contributed by atoms with E-state index in [1.807, 2.05) is 11.6 Å². The van der Waals surface area contributed by atoms with Crippen molar-refractivity contribution in [1.29, 1.82) is 0 Å². The normalized spacial score (nSPS) is 10.8. The second-order valence-electron chi connectivity index (χ2n) is 3.83. The Morgan fingerprint density at radius 2 is 2.24 bits per heavy atom. The summed E-state index contributed by atoms with van der Waals surface area (Å²) < 4.78 is 7.05. The summed E-state index contributed by atoms with van der Waals surface area (Å²) in [6.45, 7) is 6.45. The lowest BCUT2D eigenvalue weighted by Gasteiger charge is -2.10. The van der Waals surface area contributed by atoms with Gasteiger partial charge in [0.2, 0.25) is 0 Å². The molecule has 98 valence electrons. The van der Waals surface area contributed by atoms with Crippen LogP contribution in [0.2, 0.25) is 0 Å². The number of nitrogens with zero attached hydrogens (tertiary/aromatic N) is 2. The number of aliphatic hydroxyl groups excluding tert-OH is 1. The Balaban J connectivity index is 2.50. The third kappa shape index (κ3) is 3.90. The van der Waals surface area contributed by atoms with Gasteiger partial charge in [0, 0.05) is 13.1 Å². The molecule has 0 spiro atoms. The molecule has 1 aromatic rings. The summed E-state index contributed by atoms with van der Waals surface area (Å²) in [5.74, 6) is 0.858. The van der Waals surface area contributed by atoms with E-state index in [1.165, 1.54) is 0 Å². The largest absolute Gasteiger partial charge is 0.394 e. The number of anilines is 2. The monoisotopic (exact) mass is 242 g/mol. The van der Waals surface area contributed by atoms with Gasteiger partial charge in [0.05, 0.1) is 31.2 Å². The molecule has 6 nitrogen and oxygen atoms in total. The zero-order chi connectivity index (χ0) is 12.7. The standard InChI is InChI=1S/C11H22N4O2/c1-3-5-15-11(10(12)9(2)14-15)13-4-7-17-8-6-16/h13,16H,3-8,12H2,1-2H3. The molecule has 0 fully saturated rings. The van der Waals surface area contributed by atoms with Crippen molar-refractivity contribution in [3.05, 3.63) is 5.69 Å². The number of rotatable bonds is 8. The second-order valence-corrected chi connectivity index (χ2v) is 3.83. The number of nitrogens with one attached hydrogen (secondary N) is 1. The summed E-state index contributed by atoms with van der Waals surface area (Å²) >= 11 is 0. The van der Waals surface area contributed by atoms with Crippen LogP contribution in [-0.4, -0.2) is 41.3 Å². The van der Waals surface area contributed by atoms with E-state index in [1.54, 1.807) is 0 Å². The van der Waals surface area contributed by atoms with Crippen molar-refractivity contribution in [3.63, 3.8) is 0 Å².